The van der Waals surface area contributed by atoms with E-state index in [0.717, 1.165) is 19.3 Å². The van der Waals surface area contributed by atoms with Gasteiger partial charge in [0.15, 0.2) is 0 Å². The topological polar surface area (TPSA) is 40.1 Å². The zero-order valence-corrected chi connectivity index (χ0v) is 11.8. The van der Waals surface area contributed by atoms with E-state index in [4.69, 9.17) is 0 Å². The summed E-state index contributed by atoms with van der Waals surface area (Å²) < 4.78 is 10.9. The van der Waals surface area contributed by atoms with Crippen molar-refractivity contribution in [1.29, 1.82) is 0 Å². The maximum absolute atomic E-state index is 10.9. The van der Waals surface area contributed by atoms with Crippen LogP contribution in [0.1, 0.15) is 33.1 Å². The molecule has 0 N–H and O–H groups in total. The van der Waals surface area contributed by atoms with Crippen LogP contribution < -0.4 is 56.3 Å². The Morgan fingerprint density at radius 2 is 1.82 bits per heavy atom. The predicted octanol–water partition coefficient (Wildman–Crippen LogP) is -1.16. The summed E-state index contributed by atoms with van der Waals surface area (Å²) in [6.45, 7) is 3.78. The average Bonchev–Trinajstić information content (AvgIpc) is 1.89. The van der Waals surface area contributed by atoms with Crippen molar-refractivity contribution < 1.29 is 60.8 Å². The van der Waals surface area contributed by atoms with Gasteiger partial charge in [-0.15, -0.1) is 0 Å². The third-order valence-electron chi connectivity index (χ3n) is 1.58. The summed E-state index contributed by atoms with van der Waals surface area (Å²) in [6.07, 6.45) is 3.68. The van der Waals surface area contributed by atoms with E-state index in [2.05, 4.69) is 6.92 Å². The molecule has 2 nitrogen and oxygen atoms in total. The fraction of sp³-hybridized carbons (Fsp3) is 1.00. The Labute approximate surface area is 112 Å². The van der Waals surface area contributed by atoms with Gasteiger partial charge in [-0.2, -0.15) is 0 Å². The van der Waals surface area contributed by atoms with E-state index in [-0.39, 0.29) is 51.4 Å². The number of hydrogen-bond donors (Lipinski definition) is 0. The second-order valence-corrected chi connectivity index (χ2v) is 5.27. The molecule has 11 heavy (non-hydrogen) atoms. The van der Waals surface area contributed by atoms with Crippen molar-refractivity contribution in [3.05, 3.63) is 0 Å². The van der Waals surface area contributed by atoms with E-state index in [1.54, 1.807) is 6.92 Å². The Hall–Kier alpha value is 1.83. The molecule has 0 aliphatic carbocycles. The van der Waals surface area contributed by atoms with E-state index in [1.807, 2.05) is 0 Å². The van der Waals surface area contributed by atoms with Crippen LogP contribution in [0.2, 0.25) is 0 Å². The van der Waals surface area contributed by atoms with Crippen molar-refractivity contribution in [2.24, 2.45) is 0 Å². The summed E-state index contributed by atoms with van der Waals surface area (Å²) in [5.74, 6) is 0. The van der Waals surface area contributed by atoms with Gasteiger partial charge in [-0.1, -0.05) is 26.7 Å². The van der Waals surface area contributed by atoms with Crippen LogP contribution in [-0.2, 0) is 4.57 Å². The number of rotatable bonds is 5. The summed E-state index contributed by atoms with van der Waals surface area (Å²) in [7, 11) is -2.95. The molecule has 0 bridgehead atoms. The van der Waals surface area contributed by atoms with Gasteiger partial charge >= 0.3 is 51.4 Å². The second-order valence-electron chi connectivity index (χ2n) is 2.56. The van der Waals surface area contributed by atoms with Gasteiger partial charge in [0, 0.05) is 7.37 Å². The van der Waals surface area contributed by atoms with Crippen LogP contribution in [0.5, 0.6) is 0 Å². The second kappa shape index (κ2) is 8.43. The zero-order valence-electron chi connectivity index (χ0n) is 7.80. The molecular weight excluding hydrogens is 186 g/mol. The summed E-state index contributed by atoms with van der Waals surface area (Å²) in [5.41, 5.74) is 0. The van der Waals surface area contributed by atoms with Crippen molar-refractivity contribution in [1.82, 2.24) is 0 Å². The van der Waals surface area contributed by atoms with E-state index < -0.39 is 7.37 Å². The van der Waals surface area contributed by atoms with Crippen molar-refractivity contribution in [3.8, 4) is 0 Å². The SMILES string of the molecule is CCCCCP(=O)([O-])CC.[K+]. The molecule has 0 saturated heterocycles. The first-order chi connectivity index (χ1) is 4.62. The van der Waals surface area contributed by atoms with Gasteiger partial charge in [0.1, 0.15) is 0 Å². The van der Waals surface area contributed by atoms with Crippen LogP contribution >= 0.6 is 7.37 Å². The molecular formula is C7H16KO2P. The molecule has 0 aliphatic rings. The fourth-order valence-corrected chi connectivity index (χ4v) is 1.78. The molecule has 62 valence electrons. The van der Waals surface area contributed by atoms with Gasteiger partial charge in [0.25, 0.3) is 0 Å². The first kappa shape index (κ1) is 15.3. The minimum Gasteiger partial charge on any atom is -0.799 e. The van der Waals surface area contributed by atoms with Crippen LogP contribution in [0.4, 0.5) is 0 Å². The Kier molecular flexibility index (Phi) is 11.7. The average molecular weight is 202 g/mol. The molecule has 0 aromatic rings. The Bertz CT molecular complexity index is 128. The van der Waals surface area contributed by atoms with Gasteiger partial charge in [0.2, 0.25) is 0 Å². The molecule has 1 atom stereocenters. The maximum Gasteiger partial charge on any atom is 1.00 e. The summed E-state index contributed by atoms with van der Waals surface area (Å²) >= 11 is 0. The van der Waals surface area contributed by atoms with E-state index in [1.165, 1.54) is 0 Å². The van der Waals surface area contributed by atoms with Crippen LogP contribution in [0, 0.1) is 0 Å². The molecule has 0 spiro atoms. The molecule has 0 radical (unpaired) electrons. The molecule has 0 saturated carbocycles. The summed E-state index contributed by atoms with van der Waals surface area (Å²) in [4.78, 5) is 10.9. The molecule has 0 rings (SSSR count). The number of unbranched alkanes of at least 4 members (excludes halogenated alkanes) is 2. The molecule has 1 unspecified atom stereocenters. The third-order valence-corrected chi connectivity index (χ3v) is 3.55. The first-order valence-corrected chi connectivity index (χ1v) is 5.91. The standard InChI is InChI=1S/C7H17O2P.K/c1-3-5-6-7-10(8,9)4-2;/h3-7H2,1-2H3,(H,8,9);/q;+1/p-1. The van der Waals surface area contributed by atoms with Crippen molar-refractivity contribution in [2.45, 2.75) is 33.1 Å². The van der Waals surface area contributed by atoms with Gasteiger partial charge < -0.3 is 9.46 Å². The first-order valence-electron chi connectivity index (χ1n) is 3.91. The van der Waals surface area contributed by atoms with Gasteiger partial charge in [-0.05, 0) is 18.7 Å². The van der Waals surface area contributed by atoms with Crippen molar-refractivity contribution in [2.75, 3.05) is 12.3 Å². The van der Waals surface area contributed by atoms with E-state index >= 15 is 0 Å². The maximum atomic E-state index is 10.9. The minimum absolute atomic E-state index is 0. The van der Waals surface area contributed by atoms with E-state index in [0.29, 0.717) is 12.3 Å². The fourth-order valence-electron chi connectivity index (χ4n) is 0.761. The molecule has 0 fully saturated rings. The van der Waals surface area contributed by atoms with Crippen LogP contribution in [0.25, 0.3) is 0 Å². The van der Waals surface area contributed by atoms with Crippen molar-refractivity contribution >= 4 is 7.37 Å². The molecule has 0 aromatic heterocycles. The molecule has 0 heterocycles. The van der Waals surface area contributed by atoms with Crippen LogP contribution in [0.15, 0.2) is 0 Å². The van der Waals surface area contributed by atoms with Crippen molar-refractivity contribution in [3.63, 3.8) is 0 Å². The summed E-state index contributed by atoms with van der Waals surface area (Å²) in [6, 6.07) is 0. The van der Waals surface area contributed by atoms with E-state index in [9.17, 15) is 9.46 Å². The summed E-state index contributed by atoms with van der Waals surface area (Å²) in [5, 5.41) is 0. The van der Waals surface area contributed by atoms with Crippen LogP contribution in [-0.4, -0.2) is 12.3 Å². The smallest absolute Gasteiger partial charge is 0.799 e. The number of hydrogen-bond acceptors (Lipinski definition) is 2. The third kappa shape index (κ3) is 9.74. The normalized spacial score (nSPS) is 15.2. The van der Waals surface area contributed by atoms with Gasteiger partial charge in [-0.3, -0.25) is 0 Å². The molecule has 0 aliphatic heterocycles. The molecule has 0 amide bonds. The predicted molar refractivity (Wildman–Crippen MR) is 42.5 cm³/mol. The Morgan fingerprint density at radius 3 is 2.18 bits per heavy atom. The monoisotopic (exact) mass is 202 g/mol. The van der Waals surface area contributed by atoms with Gasteiger partial charge in [-0.25, -0.2) is 0 Å². The van der Waals surface area contributed by atoms with Gasteiger partial charge in [0.05, 0.1) is 0 Å². The Morgan fingerprint density at radius 1 is 1.27 bits per heavy atom. The van der Waals surface area contributed by atoms with Crippen LogP contribution in [0.3, 0.4) is 0 Å². The largest absolute Gasteiger partial charge is 1.00 e. The quantitative estimate of drug-likeness (QED) is 0.320. The zero-order chi connectivity index (χ0) is 8.04. The molecule has 0 aromatic carbocycles. The minimum atomic E-state index is -2.95. The molecule has 4 heteroatoms. The Balaban J connectivity index is 0.